The van der Waals surface area contributed by atoms with Gasteiger partial charge in [0, 0.05) is 23.0 Å². The standard InChI is InChI=1S/C15H12ClN3O/c1-9(20)18-12-4-2-10(3-5-12)13-6-11(16)7-15-14(13)8-17-19-15/h2-8H,1H3,(H,17,19)(H,18,20). The summed E-state index contributed by atoms with van der Waals surface area (Å²) >= 11 is 6.13. The first-order valence-corrected chi connectivity index (χ1v) is 6.52. The molecular weight excluding hydrogens is 274 g/mol. The molecule has 1 aromatic heterocycles. The fourth-order valence-corrected chi connectivity index (χ4v) is 2.41. The number of hydrogen-bond acceptors (Lipinski definition) is 2. The molecule has 0 saturated heterocycles. The van der Waals surface area contributed by atoms with Crippen LogP contribution >= 0.6 is 11.6 Å². The maximum Gasteiger partial charge on any atom is 0.221 e. The van der Waals surface area contributed by atoms with Gasteiger partial charge < -0.3 is 5.32 Å². The molecule has 2 N–H and O–H groups in total. The van der Waals surface area contributed by atoms with Crippen molar-refractivity contribution < 1.29 is 4.79 Å². The Morgan fingerprint density at radius 2 is 2.00 bits per heavy atom. The number of hydrogen-bond donors (Lipinski definition) is 2. The minimum atomic E-state index is -0.0854. The Bertz CT molecular complexity index is 777. The summed E-state index contributed by atoms with van der Waals surface area (Å²) in [5.41, 5.74) is 3.70. The first-order chi connectivity index (χ1) is 9.63. The zero-order valence-corrected chi connectivity index (χ0v) is 11.5. The van der Waals surface area contributed by atoms with E-state index in [-0.39, 0.29) is 5.91 Å². The minimum Gasteiger partial charge on any atom is -0.326 e. The van der Waals surface area contributed by atoms with E-state index in [9.17, 15) is 4.79 Å². The number of rotatable bonds is 2. The number of aromatic nitrogens is 2. The second-order valence-corrected chi connectivity index (χ2v) is 4.98. The van der Waals surface area contributed by atoms with E-state index in [1.807, 2.05) is 36.4 Å². The van der Waals surface area contributed by atoms with E-state index in [0.717, 1.165) is 27.7 Å². The van der Waals surface area contributed by atoms with Gasteiger partial charge in [0.05, 0.1) is 11.7 Å². The van der Waals surface area contributed by atoms with Gasteiger partial charge in [0.15, 0.2) is 0 Å². The van der Waals surface area contributed by atoms with E-state index in [1.54, 1.807) is 6.20 Å². The van der Waals surface area contributed by atoms with Gasteiger partial charge in [-0.2, -0.15) is 5.10 Å². The van der Waals surface area contributed by atoms with Crippen molar-refractivity contribution in [1.82, 2.24) is 10.2 Å². The molecule has 0 bridgehead atoms. The maximum absolute atomic E-state index is 11.0. The average Bonchev–Trinajstić information content (AvgIpc) is 2.86. The van der Waals surface area contributed by atoms with Crippen molar-refractivity contribution in [2.45, 2.75) is 6.92 Å². The maximum atomic E-state index is 11.0. The summed E-state index contributed by atoms with van der Waals surface area (Å²) in [7, 11) is 0. The molecule has 5 heteroatoms. The molecule has 0 atom stereocenters. The van der Waals surface area contributed by atoms with E-state index >= 15 is 0 Å². The van der Waals surface area contributed by atoms with Crippen molar-refractivity contribution in [2.24, 2.45) is 0 Å². The predicted molar refractivity (Wildman–Crippen MR) is 80.8 cm³/mol. The molecule has 20 heavy (non-hydrogen) atoms. The monoisotopic (exact) mass is 285 g/mol. The highest BCUT2D eigenvalue weighted by Crippen LogP contribution is 2.31. The quantitative estimate of drug-likeness (QED) is 0.751. The largest absolute Gasteiger partial charge is 0.326 e. The summed E-state index contributed by atoms with van der Waals surface area (Å²) in [5, 5.41) is 11.4. The number of nitrogens with one attached hydrogen (secondary N) is 2. The van der Waals surface area contributed by atoms with Gasteiger partial charge in [0.2, 0.25) is 5.91 Å². The highest BCUT2D eigenvalue weighted by atomic mass is 35.5. The van der Waals surface area contributed by atoms with E-state index < -0.39 is 0 Å². The molecule has 1 amide bonds. The van der Waals surface area contributed by atoms with Gasteiger partial charge >= 0.3 is 0 Å². The van der Waals surface area contributed by atoms with E-state index in [2.05, 4.69) is 15.5 Å². The van der Waals surface area contributed by atoms with Gasteiger partial charge in [-0.15, -0.1) is 0 Å². The second kappa shape index (κ2) is 4.98. The summed E-state index contributed by atoms with van der Waals surface area (Å²) in [5.74, 6) is -0.0854. The van der Waals surface area contributed by atoms with Crippen LogP contribution in [0.25, 0.3) is 22.0 Å². The molecular formula is C15H12ClN3O. The van der Waals surface area contributed by atoms with Gasteiger partial charge in [0.1, 0.15) is 0 Å². The Labute approximate surface area is 120 Å². The number of nitrogens with zero attached hydrogens (tertiary/aromatic N) is 1. The number of carbonyl (C=O) groups is 1. The predicted octanol–water partition coefficient (Wildman–Crippen LogP) is 3.84. The van der Waals surface area contributed by atoms with Crippen LogP contribution in [0.2, 0.25) is 5.02 Å². The molecule has 0 spiro atoms. The van der Waals surface area contributed by atoms with Crippen molar-refractivity contribution >= 4 is 34.1 Å². The molecule has 100 valence electrons. The fraction of sp³-hybridized carbons (Fsp3) is 0.0667. The lowest BCUT2D eigenvalue weighted by atomic mass is 10.0. The first-order valence-electron chi connectivity index (χ1n) is 6.14. The van der Waals surface area contributed by atoms with E-state index in [4.69, 9.17) is 11.6 Å². The van der Waals surface area contributed by atoms with Crippen LogP contribution in [0.1, 0.15) is 6.92 Å². The normalized spacial score (nSPS) is 10.7. The molecule has 0 aliphatic heterocycles. The second-order valence-electron chi connectivity index (χ2n) is 4.54. The molecule has 1 heterocycles. The molecule has 3 rings (SSSR count). The number of carbonyl (C=O) groups excluding carboxylic acids is 1. The van der Waals surface area contributed by atoms with Crippen molar-refractivity contribution in [3.8, 4) is 11.1 Å². The zero-order valence-electron chi connectivity index (χ0n) is 10.8. The molecule has 0 radical (unpaired) electrons. The van der Waals surface area contributed by atoms with Crippen molar-refractivity contribution in [3.63, 3.8) is 0 Å². The Morgan fingerprint density at radius 3 is 2.70 bits per heavy atom. The molecule has 0 unspecified atom stereocenters. The van der Waals surface area contributed by atoms with Crippen LogP contribution in [0.15, 0.2) is 42.6 Å². The highest BCUT2D eigenvalue weighted by Gasteiger charge is 2.07. The minimum absolute atomic E-state index is 0.0854. The summed E-state index contributed by atoms with van der Waals surface area (Å²) in [6, 6.07) is 11.4. The van der Waals surface area contributed by atoms with Crippen molar-refractivity contribution in [3.05, 3.63) is 47.6 Å². The van der Waals surface area contributed by atoms with Crippen LogP contribution < -0.4 is 5.32 Å². The average molecular weight is 286 g/mol. The number of H-pyrrole nitrogens is 1. The summed E-state index contributed by atoms with van der Waals surface area (Å²) in [4.78, 5) is 11.0. The molecule has 0 aliphatic carbocycles. The Hall–Kier alpha value is -2.33. The Kier molecular flexibility index (Phi) is 3.16. The van der Waals surface area contributed by atoms with Crippen LogP contribution in [0, 0.1) is 0 Å². The molecule has 4 nitrogen and oxygen atoms in total. The number of aromatic amines is 1. The molecule has 0 saturated carbocycles. The van der Waals surface area contributed by atoms with Gasteiger partial charge in [-0.25, -0.2) is 0 Å². The summed E-state index contributed by atoms with van der Waals surface area (Å²) in [6.45, 7) is 1.49. The van der Waals surface area contributed by atoms with Crippen LogP contribution in [-0.4, -0.2) is 16.1 Å². The van der Waals surface area contributed by atoms with Gasteiger partial charge in [0.25, 0.3) is 0 Å². The van der Waals surface area contributed by atoms with Crippen molar-refractivity contribution in [2.75, 3.05) is 5.32 Å². The smallest absolute Gasteiger partial charge is 0.221 e. The number of benzene rings is 2. The SMILES string of the molecule is CC(=O)Nc1ccc(-c2cc(Cl)cc3[nH]ncc23)cc1. The Balaban J connectivity index is 2.06. The molecule has 0 aliphatic rings. The van der Waals surface area contributed by atoms with Gasteiger partial charge in [-0.3, -0.25) is 9.89 Å². The molecule has 2 aromatic carbocycles. The lowest BCUT2D eigenvalue weighted by Crippen LogP contribution is -2.05. The molecule has 3 aromatic rings. The van der Waals surface area contributed by atoms with E-state index in [0.29, 0.717) is 5.02 Å². The topological polar surface area (TPSA) is 57.8 Å². The van der Waals surface area contributed by atoms with Crippen LogP contribution in [0.4, 0.5) is 5.69 Å². The third kappa shape index (κ3) is 2.38. The van der Waals surface area contributed by atoms with Crippen LogP contribution in [0.5, 0.6) is 0 Å². The van der Waals surface area contributed by atoms with Gasteiger partial charge in [-0.05, 0) is 35.4 Å². The van der Waals surface area contributed by atoms with E-state index in [1.165, 1.54) is 6.92 Å². The summed E-state index contributed by atoms with van der Waals surface area (Å²) < 4.78 is 0. The number of fused-ring (bicyclic) bond motifs is 1. The van der Waals surface area contributed by atoms with Crippen LogP contribution in [0.3, 0.4) is 0 Å². The number of amides is 1. The lowest BCUT2D eigenvalue weighted by Gasteiger charge is -2.07. The third-order valence-corrected chi connectivity index (χ3v) is 3.26. The fourth-order valence-electron chi connectivity index (χ4n) is 2.19. The van der Waals surface area contributed by atoms with Crippen LogP contribution in [-0.2, 0) is 4.79 Å². The number of halogens is 1. The zero-order chi connectivity index (χ0) is 14.1. The Morgan fingerprint density at radius 1 is 1.25 bits per heavy atom. The third-order valence-electron chi connectivity index (χ3n) is 3.04. The first kappa shape index (κ1) is 12.7. The van der Waals surface area contributed by atoms with Crippen molar-refractivity contribution in [1.29, 1.82) is 0 Å². The van der Waals surface area contributed by atoms with Gasteiger partial charge in [-0.1, -0.05) is 23.7 Å². The summed E-state index contributed by atoms with van der Waals surface area (Å²) in [6.07, 6.45) is 1.78. The lowest BCUT2D eigenvalue weighted by molar-refractivity contribution is -0.114. The highest BCUT2D eigenvalue weighted by molar-refractivity contribution is 6.31. The number of anilines is 1. The molecule has 0 fully saturated rings.